The molecule has 3 aromatic heterocycles. The first-order chi connectivity index (χ1) is 10.6. The second-order valence-corrected chi connectivity index (χ2v) is 7.16. The first kappa shape index (κ1) is 15.0. The van der Waals surface area contributed by atoms with E-state index in [1.807, 2.05) is 13.8 Å². The van der Waals surface area contributed by atoms with Gasteiger partial charge in [0.1, 0.15) is 5.76 Å². The molecule has 0 aliphatic heterocycles. The molecule has 0 bridgehead atoms. The number of aromatic nitrogens is 1. The van der Waals surface area contributed by atoms with E-state index in [4.69, 9.17) is 4.42 Å². The molecule has 0 aromatic carbocycles. The molecule has 0 saturated carbocycles. The van der Waals surface area contributed by atoms with Gasteiger partial charge < -0.3 is 9.73 Å². The Bertz CT molecular complexity index is 786. The molecule has 22 heavy (non-hydrogen) atoms. The summed E-state index contributed by atoms with van der Waals surface area (Å²) in [5.41, 5.74) is 1.04. The number of nitrogens with zero attached hydrogens (tertiary/aromatic N) is 1. The lowest BCUT2D eigenvalue weighted by Crippen LogP contribution is -2.25. The molecule has 0 saturated heterocycles. The van der Waals surface area contributed by atoms with Gasteiger partial charge in [-0.05, 0) is 44.5 Å². The van der Waals surface area contributed by atoms with E-state index in [1.165, 1.54) is 9.75 Å². The topological polar surface area (TPSA) is 55.1 Å². The van der Waals surface area contributed by atoms with Crippen molar-refractivity contribution >= 4 is 28.6 Å². The SMILES string of the molecule is Cc1ccc(C(=O)NCCc2ccc(-c3csc(C)n3)s2)o1. The van der Waals surface area contributed by atoms with Crippen LogP contribution in [0.5, 0.6) is 0 Å². The Labute approximate surface area is 136 Å². The van der Waals surface area contributed by atoms with Gasteiger partial charge in [-0.15, -0.1) is 22.7 Å². The van der Waals surface area contributed by atoms with Crippen molar-refractivity contribution in [2.24, 2.45) is 0 Å². The van der Waals surface area contributed by atoms with Crippen molar-refractivity contribution in [3.63, 3.8) is 0 Å². The highest BCUT2D eigenvalue weighted by Crippen LogP contribution is 2.29. The van der Waals surface area contributed by atoms with Crippen LogP contribution in [-0.2, 0) is 6.42 Å². The van der Waals surface area contributed by atoms with E-state index in [0.29, 0.717) is 12.3 Å². The zero-order chi connectivity index (χ0) is 15.5. The third-order valence-corrected chi connectivity index (χ3v) is 5.10. The lowest BCUT2D eigenvalue weighted by molar-refractivity contribution is 0.0925. The minimum atomic E-state index is -0.167. The van der Waals surface area contributed by atoms with Gasteiger partial charge in [0.25, 0.3) is 5.91 Å². The van der Waals surface area contributed by atoms with E-state index in [9.17, 15) is 4.79 Å². The van der Waals surface area contributed by atoms with Crippen LogP contribution in [0.3, 0.4) is 0 Å². The van der Waals surface area contributed by atoms with Crippen molar-refractivity contribution in [1.82, 2.24) is 10.3 Å². The van der Waals surface area contributed by atoms with E-state index >= 15 is 0 Å². The molecule has 4 nitrogen and oxygen atoms in total. The van der Waals surface area contributed by atoms with Crippen LogP contribution in [0.15, 0.2) is 34.1 Å². The highest BCUT2D eigenvalue weighted by atomic mass is 32.1. The first-order valence-electron chi connectivity index (χ1n) is 6.97. The number of furan rings is 1. The number of hydrogen-bond acceptors (Lipinski definition) is 5. The summed E-state index contributed by atoms with van der Waals surface area (Å²) in [4.78, 5) is 18.8. The predicted octanol–water partition coefficient (Wildman–Crippen LogP) is 4.05. The average molecular weight is 332 g/mol. The molecule has 0 spiro atoms. The maximum absolute atomic E-state index is 11.9. The first-order valence-corrected chi connectivity index (χ1v) is 8.67. The quantitative estimate of drug-likeness (QED) is 0.767. The number of thiophene rings is 1. The smallest absolute Gasteiger partial charge is 0.287 e. The van der Waals surface area contributed by atoms with Gasteiger partial charge in [0.05, 0.1) is 15.6 Å². The van der Waals surface area contributed by atoms with E-state index in [-0.39, 0.29) is 5.91 Å². The van der Waals surface area contributed by atoms with Gasteiger partial charge >= 0.3 is 0 Å². The molecule has 1 amide bonds. The van der Waals surface area contributed by atoms with Crippen LogP contribution in [0.2, 0.25) is 0 Å². The van der Waals surface area contributed by atoms with Crippen LogP contribution in [0.1, 0.15) is 26.2 Å². The zero-order valence-corrected chi connectivity index (χ0v) is 14.0. The van der Waals surface area contributed by atoms with Gasteiger partial charge in [0.2, 0.25) is 0 Å². The van der Waals surface area contributed by atoms with E-state index in [1.54, 1.807) is 34.8 Å². The maximum atomic E-state index is 11.9. The summed E-state index contributed by atoms with van der Waals surface area (Å²) in [5.74, 6) is 0.939. The number of rotatable bonds is 5. The third kappa shape index (κ3) is 3.45. The Morgan fingerprint density at radius 2 is 2.14 bits per heavy atom. The van der Waals surface area contributed by atoms with Crippen LogP contribution in [0.4, 0.5) is 0 Å². The number of carbonyl (C=O) groups is 1. The number of nitrogens with one attached hydrogen (secondary N) is 1. The number of hydrogen-bond donors (Lipinski definition) is 1. The summed E-state index contributed by atoms with van der Waals surface area (Å²) < 4.78 is 5.30. The van der Waals surface area contributed by atoms with Gasteiger partial charge in [-0.25, -0.2) is 4.98 Å². The van der Waals surface area contributed by atoms with E-state index < -0.39 is 0 Å². The molecule has 3 rings (SSSR count). The Morgan fingerprint density at radius 1 is 1.27 bits per heavy atom. The molecular weight excluding hydrogens is 316 g/mol. The monoisotopic (exact) mass is 332 g/mol. The molecule has 6 heteroatoms. The largest absolute Gasteiger partial charge is 0.456 e. The summed E-state index contributed by atoms with van der Waals surface area (Å²) in [7, 11) is 0. The number of amides is 1. The molecule has 0 atom stereocenters. The second-order valence-electron chi connectivity index (χ2n) is 4.93. The van der Waals surface area contributed by atoms with Crippen LogP contribution in [0, 0.1) is 13.8 Å². The molecule has 114 valence electrons. The van der Waals surface area contributed by atoms with Gasteiger partial charge in [0, 0.05) is 16.8 Å². The maximum Gasteiger partial charge on any atom is 0.287 e. The van der Waals surface area contributed by atoms with Crippen molar-refractivity contribution in [2.75, 3.05) is 6.54 Å². The summed E-state index contributed by atoms with van der Waals surface area (Å²) in [6.45, 7) is 4.42. The molecule has 0 aliphatic carbocycles. The summed E-state index contributed by atoms with van der Waals surface area (Å²) in [6.07, 6.45) is 0.805. The van der Waals surface area contributed by atoms with Crippen LogP contribution in [0.25, 0.3) is 10.6 Å². The van der Waals surface area contributed by atoms with Crippen molar-refractivity contribution in [1.29, 1.82) is 0 Å². The van der Waals surface area contributed by atoms with Gasteiger partial charge in [-0.2, -0.15) is 0 Å². The average Bonchev–Trinajstić information content (AvgIpc) is 3.19. The molecule has 3 heterocycles. The van der Waals surface area contributed by atoms with Crippen molar-refractivity contribution in [2.45, 2.75) is 20.3 Å². The highest BCUT2D eigenvalue weighted by molar-refractivity contribution is 7.16. The fourth-order valence-electron chi connectivity index (χ4n) is 2.07. The minimum absolute atomic E-state index is 0.167. The number of thiazole rings is 1. The molecule has 0 fully saturated rings. The Balaban J connectivity index is 1.54. The second kappa shape index (κ2) is 6.46. The zero-order valence-electron chi connectivity index (χ0n) is 12.4. The Morgan fingerprint density at radius 3 is 2.82 bits per heavy atom. The number of carbonyl (C=O) groups excluding carboxylic acids is 1. The molecule has 0 unspecified atom stereocenters. The summed E-state index contributed by atoms with van der Waals surface area (Å²) in [5, 5.41) is 6.02. The lowest BCUT2D eigenvalue weighted by Gasteiger charge is -2.01. The third-order valence-electron chi connectivity index (χ3n) is 3.15. The molecule has 0 radical (unpaired) electrons. The van der Waals surface area contributed by atoms with Gasteiger partial charge in [-0.1, -0.05) is 0 Å². The van der Waals surface area contributed by atoms with Crippen molar-refractivity contribution in [3.8, 4) is 10.6 Å². The number of aryl methyl sites for hydroxylation is 2. The Hall–Kier alpha value is -1.92. The van der Waals surface area contributed by atoms with Gasteiger partial charge in [0.15, 0.2) is 5.76 Å². The van der Waals surface area contributed by atoms with Crippen molar-refractivity contribution in [3.05, 3.63) is 51.1 Å². The standard InChI is InChI=1S/C16H16N2O2S2/c1-10-3-5-14(20-10)16(19)17-8-7-12-4-6-15(22-12)13-9-21-11(2)18-13/h3-6,9H,7-8H2,1-2H3,(H,17,19). The summed E-state index contributed by atoms with van der Waals surface area (Å²) in [6, 6.07) is 7.67. The molecule has 1 N–H and O–H groups in total. The fourth-order valence-corrected chi connectivity index (χ4v) is 3.72. The Kier molecular flexibility index (Phi) is 4.40. The minimum Gasteiger partial charge on any atom is -0.456 e. The normalized spacial score (nSPS) is 10.8. The predicted molar refractivity (Wildman–Crippen MR) is 89.6 cm³/mol. The molecule has 0 aliphatic rings. The van der Waals surface area contributed by atoms with E-state index in [2.05, 4.69) is 27.8 Å². The van der Waals surface area contributed by atoms with Crippen molar-refractivity contribution < 1.29 is 9.21 Å². The van der Waals surface area contributed by atoms with Gasteiger partial charge in [-0.3, -0.25) is 4.79 Å². The highest BCUT2D eigenvalue weighted by Gasteiger charge is 2.10. The molecular formula is C16H16N2O2S2. The molecule has 3 aromatic rings. The summed E-state index contributed by atoms with van der Waals surface area (Å²) >= 11 is 3.38. The van der Waals surface area contributed by atoms with E-state index in [0.717, 1.165) is 22.9 Å². The lowest BCUT2D eigenvalue weighted by atomic mass is 10.3. The fraction of sp³-hybridized carbons (Fsp3) is 0.250. The van der Waals surface area contributed by atoms with Crippen LogP contribution >= 0.6 is 22.7 Å². The van der Waals surface area contributed by atoms with Crippen LogP contribution in [-0.4, -0.2) is 17.4 Å². The van der Waals surface area contributed by atoms with Crippen LogP contribution < -0.4 is 5.32 Å².